The van der Waals surface area contributed by atoms with Crippen LogP contribution in [0.4, 0.5) is 0 Å². The minimum absolute atomic E-state index is 0.804. The maximum Gasteiger partial charge on any atom is 0.0589 e. The van der Waals surface area contributed by atoms with Crippen LogP contribution in [0.3, 0.4) is 0 Å². The zero-order valence-electron chi connectivity index (χ0n) is 4.73. The van der Waals surface area contributed by atoms with E-state index in [4.69, 9.17) is 0 Å². The normalized spacial score (nSPS) is 6.57. The quantitative estimate of drug-likeness (QED) is 0.497. The number of hydrogen-bond acceptors (Lipinski definition) is 2. The summed E-state index contributed by atoms with van der Waals surface area (Å²) in [7, 11) is 1.82. The lowest BCUT2D eigenvalue weighted by Gasteiger charge is -1.74. The first kappa shape index (κ1) is 6.25. The Kier molecular flexibility index (Phi) is 4.69. The summed E-state index contributed by atoms with van der Waals surface area (Å²) in [5.41, 5.74) is 0. The first-order valence-corrected chi connectivity index (χ1v) is 2.32. The molecule has 0 saturated heterocycles. The third kappa shape index (κ3) is 5.25. The molecule has 0 amide bonds. The standard InChI is InChI=1S/C5H10N2/c1-3-7-5-4-6-2/h4,6H,3H2,1-2H3. The fourth-order valence-corrected chi connectivity index (χ4v) is 0.201. The van der Waals surface area contributed by atoms with Crippen LogP contribution in [0.2, 0.25) is 0 Å². The smallest absolute Gasteiger partial charge is 0.0589 e. The lowest BCUT2D eigenvalue weighted by Crippen LogP contribution is -1.90. The van der Waals surface area contributed by atoms with Crippen molar-refractivity contribution in [1.29, 1.82) is 0 Å². The van der Waals surface area contributed by atoms with Gasteiger partial charge in [0.2, 0.25) is 0 Å². The van der Waals surface area contributed by atoms with Crippen LogP contribution >= 0.6 is 0 Å². The Morgan fingerprint density at radius 2 is 2.57 bits per heavy atom. The molecule has 0 aliphatic carbocycles. The highest BCUT2D eigenvalue weighted by Gasteiger charge is 1.54. The lowest BCUT2D eigenvalue weighted by molar-refractivity contribution is 1.10. The molecule has 0 spiro atoms. The molecule has 0 aromatic rings. The number of nitrogens with one attached hydrogen (secondary N) is 1. The maximum atomic E-state index is 3.79. The van der Waals surface area contributed by atoms with Gasteiger partial charge < -0.3 is 5.32 Å². The van der Waals surface area contributed by atoms with Crippen molar-refractivity contribution in [3.05, 3.63) is 6.20 Å². The average Bonchev–Trinajstić information content (AvgIpc) is 1.69. The molecule has 0 atom stereocenters. The molecule has 0 rings (SSSR count). The molecule has 2 heteroatoms. The Labute approximate surface area is 44.0 Å². The molecule has 0 unspecified atom stereocenters. The van der Waals surface area contributed by atoms with E-state index in [1.165, 1.54) is 0 Å². The van der Waals surface area contributed by atoms with Gasteiger partial charge in [-0.1, -0.05) is 0 Å². The number of nitrogens with zero attached hydrogens (tertiary/aromatic N) is 1. The van der Waals surface area contributed by atoms with Gasteiger partial charge in [-0.2, -0.15) is 0 Å². The minimum Gasteiger partial charge on any atom is -0.386 e. The zero-order chi connectivity index (χ0) is 5.54. The molecular formula is C5H10N2. The predicted molar refractivity (Wildman–Crippen MR) is 31.6 cm³/mol. The van der Waals surface area contributed by atoms with Crippen LogP contribution in [0.1, 0.15) is 6.92 Å². The second-order valence-electron chi connectivity index (χ2n) is 1.04. The van der Waals surface area contributed by atoms with Crippen molar-refractivity contribution in [2.75, 3.05) is 13.6 Å². The van der Waals surface area contributed by atoms with Crippen molar-refractivity contribution in [2.24, 2.45) is 4.99 Å². The molecule has 0 aliphatic heterocycles. The summed E-state index contributed by atoms with van der Waals surface area (Å²) in [6, 6.07) is 0. The minimum atomic E-state index is 0.804. The highest BCUT2D eigenvalue weighted by atomic mass is 14.8. The molecular weight excluding hydrogens is 88.1 g/mol. The van der Waals surface area contributed by atoms with E-state index in [1.54, 1.807) is 6.20 Å². The van der Waals surface area contributed by atoms with E-state index in [9.17, 15) is 0 Å². The summed E-state index contributed by atoms with van der Waals surface area (Å²) >= 11 is 0. The second kappa shape index (κ2) is 5.25. The summed E-state index contributed by atoms with van der Waals surface area (Å²) in [5, 5.41) is 2.77. The van der Waals surface area contributed by atoms with Gasteiger partial charge in [0.05, 0.1) is 6.20 Å². The van der Waals surface area contributed by atoms with Crippen LogP contribution in [-0.2, 0) is 0 Å². The Bertz CT molecular complexity index is 72.1. The molecule has 0 aromatic heterocycles. The van der Waals surface area contributed by atoms with E-state index in [-0.39, 0.29) is 0 Å². The summed E-state index contributed by atoms with van der Waals surface area (Å²) in [4.78, 5) is 3.79. The number of aliphatic imine (C=N–C) groups is 1. The molecule has 0 fully saturated rings. The monoisotopic (exact) mass is 98.1 g/mol. The van der Waals surface area contributed by atoms with Gasteiger partial charge in [-0.25, -0.2) is 4.99 Å². The first-order chi connectivity index (χ1) is 3.41. The van der Waals surface area contributed by atoms with Gasteiger partial charge in [0.1, 0.15) is 0 Å². The van der Waals surface area contributed by atoms with Crippen molar-refractivity contribution in [1.82, 2.24) is 5.32 Å². The third-order valence-electron chi connectivity index (χ3n) is 0.458. The van der Waals surface area contributed by atoms with E-state index in [1.807, 2.05) is 14.0 Å². The summed E-state index contributed by atoms with van der Waals surface area (Å²) in [6.07, 6.45) is 1.67. The fraction of sp³-hybridized carbons (Fsp3) is 0.600. The predicted octanol–water partition coefficient (Wildman–Crippen LogP) is 0.409. The summed E-state index contributed by atoms with van der Waals surface area (Å²) < 4.78 is 0. The van der Waals surface area contributed by atoms with Crippen molar-refractivity contribution in [3.63, 3.8) is 0 Å². The maximum absolute atomic E-state index is 3.79. The van der Waals surface area contributed by atoms with Gasteiger partial charge in [-0.05, 0) is 12.8 Å². The molecule has 0 heterocycles. The van der Waals surface area contributed by atoms with E-state index in [0.717, 1.165) is 6.54 Å². The van der Waals surface area contributed by atoms with Crippen LogP contribution in [0.5, 0.6) is 0 Å². The lowest BCUT2D eigenvalue weighted by atomic mass is 10.8. The van der Waals surface area contributed by atoms with E-state index < -0.39 is 0 Å². The Morgan fingerprint density at radius 3 is 3.00 bits per heavy atom. The van der Waals surface area contributed by atoms with Crippen molar-refractivity contribution in [3.8, 4) is 0 Å². The van der Waals surface area contributed by atoms with Gasteiger partial charge in [0, 0.05) is 13.6 Å². The van der Waals surface area contributed by atoms with E-state index >= 15 is 0 Å². The molecule has 0 aliphatic rings. The van der Waals surface area contributed by atoms with Crippen LogP contribution in [0.25, 0.3) is 0 Å². The van der Waals surface area contributed by atoms with Gasteiger partial charge in [0.15, 0.2) is 0 Å². The van der Waals surface area contributed by atoms with Crippen LogP contribution in [-0.4, -0.2) is 19.5 Å². The van der Waals surface area contributed by atoms with Gasteiger partial charge in [-0.15, -0.1) is 0 Å². The SMILES string of the molecule is CCN=C=CNC. The molecule has 0 saturated carbocycles. The molecule has 40 valence electrons. The molecule has 1 N–H and O–H groups in total. The average molecular weight is 98.1 g/mol. The Balaban J connectivity index is 3.21. The topological polar surface area (TPSA) is 24.4 Å². The second-order valence-corrected chi connectivity index (χ2v) is 1.04. The largest absolute Gasteiger partial charge is 0.386 e. The Morgan fingerprint density at radius 1 is 1.86 bits per heavy atom. The summed E-state index contributed by atoms with van der Waals surface area (Å²) in [6.45, 7) is 2.77. The number of hydrogen-bond donors (Lipinski definition) is 1. The van der Waals surface area contributed by atoms with Crippen molar-refractivity contribution in [2.45, 2.75) is 6.92 Å². The van der Waals surface area contributed by atoms with Crippen LogP contribution < -0.4 is 5.32 Å². The molecule has 0 bridgehead atoms. The van der Waals surface area contributed by atoms with E-state index in [2.05, 4.69) is 16.2 Å². The molecule has 0 radical (unpaired) electrons. The van der Waals surface area contributed by atoms with Crippen molar-refractivity contribution >= 4 is 5.87 Å². The molecule has 2 nitrogen and oxygen atoms in total. The molecule has 0 aromatic carbocycles. The fourth-order valence-electron chi connectivity index (χ4n) is 0.201. The van der Waals surface area contributed by atoms with Gasteiger partial charge in [0.25, 0.3) is 0 Å². The zero-order valence-corrected chi connectivity index (χ0v) is 4.73. The number of rotatable bonds is 2. The highest BCUT2D eigenvalue weighted by Crippen LogP contribution is 1.56. The third-order valence-corrected chi connectivity index (χ3v) is 0.458. The molecule has 7 heavy (non-hydrogen) atoms. The summed E-state index contributed by atoms with van der Waals surface area (Å²) in [5.74, 6) is 2.67. The van der Waals surface area contributed by atoms with Crippen LogP contribution in [0, 0.1) is 0 Å². The van der Waals surface area contributed by atoms with E-state index in [0.29, 0.717) is 0 Å². The Hall–Kier alpha value is -0.750. The first-order valence-electron chi connectivity index (χ1n) is 2.32. The van der Waals surface area contributed by atoms with Gasteiger partial charge in [-0.3, -0.25) is 0 Å². The van der Waals surface area contributed by atoms with Gasteiger partial charge >= 0.3 is 0 Å². The van der Waals surface area contributed by atoms with Crippen molar-refractivity contribution < 1.29 is 0 Å². The highest BCUT2D eigenvalue weighted by molar-refractivity contribution is 5.50. The van der Waals surface area contributed by atoms with Crippen LogP contribution in [0.15, 0.2) is 11.2 Å².